The molecule has 0 aliphatic heterocycles. The molecule has 0 fully saturated rings. The van der Waals surface area contributed by atoms with E-state index in [1.807, 2.05) is 0 Å². The molecule has 0 aromatic carbocycles. The Balaban J connectivity index is 3.37. The maximum absolute atomic E-state index is 12.5. The number of hydrogen-bond acceptors (Lipinski definition) is 4. The lowest BCUT2D eigenvalue weighted by Crippen LogP contribution is -2.19. The van der Waals surface area contributed by atoms with Crippen LogP contribution >= 0.6 is 0 Å². The van der Waals surface area contributed by atoms with Crippen molar-refractivity contribution in [3.8, 4) is 11.8 Å². The molecule has 2 N–H and O–H groups in total. The van der Waals surface area contributed by atoms with Gasteiger partial charge in [0.2, 0.25) is 0 Å². The lowest BCUT2D eigenvalue weighted by Gasteiger charge is -2.14. The van der Waals surface area contributed by atoms with Gasteiger partial charge in [-0.1, -0.05) is 0 Å². The number of nitrogens with two attached hydrogens (primary N) is 1. The highest BCUT2D eigenvalue weighted by atomic mass is 19.4. The van der Waals surface area contributed by atoms with Crippen molar-refractivity contribution in [1.82, 2.24) is 4.98 Å². The topological polar surface area (TPSA) is 71.9 Å². The van der Waals surface area contributed by atoms with Gasteiger partial charge in [-0.25, -0.2) is 13.8 Å². The number of aromatic nitrogens is 1. The van der Waals surface area contributed by atoms with Crippen molar-refractivity contribution >= 4 is 5.82 Å². The summed E-state index contributed by atoms with van der Waals surface area (Å²) in [6, 6.07) is 1.26. The molecular formula is C8H4F5N3O. The number of rotatable bonds is 2. The summed E-state index contributed by atoms with van der Waals surface area (Å²) >= 11 is 0. The van der Waals surface area contributed by atoms with Crippen LogP contribution in [0.3, 0.4) is 0 Å². The van der Waals surface area contributed by atoms with Crippen LogP contribution in [-0.4, -0.2) is 11.3 Å². The molecule has 0 aliphatic rings. The number of ether oxygens (including phenoxy) is 1. The first-order valence-electron chi connectivity index (χ1n) is 3.98. The highest BCUT2D eigenvalue weighted by Crippen LogP contribution is 2.36. The molecule has 0 saturated carbocycles. The summed E-state index contributed by atoms with van der Waals surface area (Å²) in [5.74, 6) is -1.82. The Labute approximate surface area is 91.4 Å². The van der Waals surface area contributed by atoms with Crippen molar-refractivity contribution in [2.24, 2.45) is 0 Å². The number of hydrogen-bond donors (Lipinski definition) is 1. The van der Waals surface area contributed by atoms with Crippen LogP contribution < -0.4 is 10.5 Å². The first kappa shape index (κ1) is 13.0. The van der Waals surface area contributed by atoms with E-state index < -0.39 is 35.5 Å². The van der Waals surface area contributed by atoms with Gasteiger partial charge in [-0.15, -0.1) is 13.2 Å². The van der Waals surface area contributed by atoms with E-state index >= 15 is 0 Å². The number of halogens is 5. The van der Waals surface area contributed by atoms with Gasteiger partial charge in [0.25, 0.3) is 6.43 Å². The Kier molecular flexibility index (Phi) is 3.36. The normalized spacial score (nSPS) is 11.4. The highest BCUT2D eigenvalue weighted by Gasteiger charge is 2.34. The fourth-order valence-electron chi connectivity index (χ4n) is 1.06. The number of nitrogens with zero attached hydrogens (tertiary/aromatic N) is 2. The smallest absolute Gasteiger partial charge is 0.404 e. The van der Waals surface area contributed by atoms with Gasteiger partial charge in [0, 0.05) is 0 Å². The second-order valence-electron chi connectivity index (χ2n) is 2.76. The van der Waals surface area contributed by atoms with E-state index in [-0.39, 0.29) is 0 Å². The van der Waals surface area contributed by atoms with Crippen molar-refractivity contribution in [2.45, 2.75) is 12.8 Å². The highest BCUT2D eigenvalue weighted by molar-refractivity contribution is 5.57. The maximum atomic E-state index is 12.5. The molecule has 0 saturated heterocycles. The summed E-state index contributed by atoms with van der Waals surface area (Å²) in [6.07, 6.45) is -8.11. The lowest BCUT2D eigenvalue weighted by atomic mass is 10.1. The van der Waals surface area contributed by atoms with Crippen molar-refractivity contribution in [3.63, 3.8) is 0 Å². The van der Waals surface area contributed by atoms with Crippen molar-refractivity contribution < 1.29 is 26.7 Å². The van der Waals surface area contributed by atoms with Crippen LogP contribution in [0.15, 0.2) is 6.20 Å². The molecule has 1 aromatic heterocycles. The van der Waals surface area contributed by atoms with Crippen LogP contribution in [0.5, 0.6) is 5.75 Å². The second-order valence-corrected chi connectivity index (χ2v) is 2.76. The summed E-state index contributed by atoms with van der Waals surface area (Å²) in [5.41, 5.74) is 3.04. The molecule has 9 heteroatoms. The molecular weight excluding hydrogens is 249 g/mol. The van der Waals surface area contributed by atoms with Gasteiger partial charge in [0.15, 0.2) is 5.75 Å². The van der Waals surface area contributed by atoms with E-state index in [1.54, 1.807) is 0 Å². The quantitative estimate of drug-likeness (QED) is 0.821. The SMILES string of the molecule is N#Cc1c(N)ncc(OC(F)(F)F)c1C(F)F. The molecule has 4 nitrogen and oxygen atoms in total. The monoisotopic (exact) mass is 253 g/mol. The van der Waals surface area contributed by atoms with Crippen LogP contribution in [0.4, 0.5) is 27.8 Å². The van der Waals surface area contributed by atoms with Gasteiger partial charge in [0.1, 0.15) is 17.5 Å². The Morgan fingerprint density at radius 3 is 2.41 bits per heavy atom. The second kappa shape index (κ2) is 4.40. The largest absolute Gasteiger partial charge is 0.573 e. The van der Waals surface area contributed by atoms with E-state index in [2.05, 4.69) is 9.72 Å². The third kappa shape index (κ3) is 2.93. The van der Waals surface area contributed by atoms with Crippen molar-refractivity contribution in [1.29, 1.82) is 5.26 Å². The summed E-state index contributed by atoms with van der Waals surface area (Å²) in [6.45, 7) is 0. The zero-order valence-corrected chi connectivity index (χ0v) is 7.92. The van der Waals surface area contributed by atoms with Crippen LogP contribution in [0, 0.1) is 11.3 Å². The predicted molar refractivity (Wildman–Crippen MR) is 45.0 cm³/mol. The van der Waals surface area contributed by atoms with E-state index in [1.165, 1.54) is 6.07 Å². The molecule has 0 unspecified atom stereocenters. The van der Waals surface area contributed by atoms with E-state index in [9.17, 15) is 22.0 Å². The minimum atomic E-state index is -5.16. The van der Waals surface area contributed by atoms with E-state index in [0.717, 1.165) is 0 Å². The molecule has 1 heterocycles. The maximum Gasteiger partial charge on any atom is 0.573 e. The third-order valence-corrected chi connectivity index (χ3v) is 1.67. The first-order chi connectivity index (χ1) is 7.76. The fourth-order valence-corrected chi connectivity index (χ4v) is 1.06. The van der Waals surface area contributed by atoms with Gasteiger partial charge < -0.3 is 10.5 Å². The van der Waals surface area contributed by atoms with E-state index in [0.29, 0.717) is 6.20 Å². The standard InChI is InChI=1S/C8H4F5N3O/c9-6(10)5-3(1-14)7(15)16-2-4(5)17-8(11,12)13/h2,6H,(H2,15,16). The molecule has 17 heavy (non-hydrogen) atoms. The summed E-state index contributed by atoms with van der Waals surface area (Å²) in [5, 5.41) is 8.53. The third-order valence-electron chi connectivity index (χ3n) is 1.67. The Bertz CT molecular complexity index is 465. The predicted octanol–water partition coefficient (Wildman–Crippen LogP) is 2.37. The number of anilines is 1. The number of nitrogen functional groups attached to an aromatic ring is 1. The van der Waals surface area contributed by atoms with Crippen LogP contribution in [0.2, 0.25) is 0 Å². The molecule has 0 spiro atoms. The van der Waals surface area contributed by atoms with Crippen LogP contribution in [0.25, 0.3) is 0 Å². The summed E-state index contributed by atoms with van der Waals surface area (Å²) in [7, 11) is 0. The molecule has 1 rings (SSSR count). The molecule has 92 valence electrons. The average molecular weight is 253 g/mol. The zero-order chi connectivity index (χ0) is 13.2. The van der Waals surface area contributed by atoms with Gasteiger partial charge in [-0.3, -0.25) is 0 Å². The van der Waals surface area contributed by atoms with Gasteiger partial charge >= 0.3 is 6.36 Å². The number of alkyl halides is 5. The number of pyridine rings is 1. The average Bonchev–Trinajstić information content (AvgIpc) is 2.17. The molecule has 0 bridgehead atoms. The molecule has 1 aromatic rings. The van der Waals surface area contributed by atoms with Crippen LogP contribution in [-0.2, 0) is 0 Å². The minimum absolute atomic E-state index is 0.394. The number of nitriles is 1. The molecule has 0 amide bonds. The summed E-state index contributed by atoms with van der Waals surface area (Å²) in [4.78, 5) is 3.17. The summed E-state index contributed by atoms with van der Waals surface area (Å²) < 4.78 is 64.2. The molecule has 0 atom stereocenters. The van der Waals surface area contributed by atoms with Gasteiger partial charge in [-0.05, 0) is 0 Å². The Hall–Kier alpha value is -2.11. The van der Waals surface area contributed by atoms with E-state index in [4.69, 9.17) is 11.0 Å². The van der Waals surface area contributed by atoms with Crippen molar-refractivity contribution in [2.75, 3.05) is 5.73 Å². The zero-order valence-electron chi connectivity index (χ0n) is 7.92. The minimum Gasteiger partial charge on any atom is -0.404 e. The van der Waals surface area contributed by atoms with Gasteiger partial charge in [0.05, 0.1) is 11.8 Å². The Morgan fingerprint density at radius 2 is 2.00 bits per heavy atom. The first-order valence-corrected chi connectivity index (χ1v) is 3.98. The Morgan fingerprint density at radius 1 is 1.41 bits per heavy atom. The van der Waals surface area contributed by atoms with Gasteiger partial charge in [-0.2, -0.15) is 5.26 Å². The lowest BCUT2D eigenvalue weighted by molar-refractivity contribution is -0.275. The van der Waals surface area contributed by atoms with Crippen LogP contribution in [0.1, 0.15) is 17.6 Å². The van der Waals surface area contributed by atoms with Crippen molar-refractivity contribution in [3.05, 3.63) is 17.3 Å². The molecule has 0 aliphatic carbocycles. The fraction of sp³-hybridized carbons (Fsp3) is 0.250. The molecule has 0 radical (unpaired) electrons.